The molecule has 1 nitrogen and oxygen atoms in total. The highest BCUT2D eigenvalue weighted by Crippen LogP contribution is 2.16. The van der Waals surface area contributed by atoms with E-state index in [1.54, 1.807) is 6.92 Å². The molecule has 0 aliphatic rings. The van der Waals surface area contributed by atoms with E-state index in [1.165, 1.54) is 0 Å². The average molecular weight is 198 g/mol. The van der Waals surface area contributed by atoms with E-state index in [0.29, 0.717) is 6.42 Å². The fourth-order valence-electron chi connectivity index (χ4n) is 1.00. The third kappa shape index (κ3) is 9.67. The lowest BCUT2D eigenvalue weighted by Gasteiger charge is -2.14. The van der Waals surface area contributed by atoms with E-state index in [-0.39, 0.29) is 6.10 Å². The highest BCUT2D eigenvalue weighted by atomic mass is 19.4. The molecule has 0 aromatic heterocycles. The van der Waals surface area contributed by atoms with Gasteiger partial charge in [0.05, 0.1) is 6.10 Å². The Morgan fingerprint density at radius 2 is 1.85 bits per heavy atom. The van der Waals surface area contributed by atoms with Crippen LogP contribution in [-0.2, 0) is 4.74 Å². The molecule has 0 aliphatic heterocycles. The smallest absolute Gasteiger partial charge is 0.369 e. The zero-order valence-corrected chi connectivity index (χ0v) is 8.16. The maximum absolute atomic E-state index is 11.7. The number of halogens is 3. The molecule has 0 saturated carbocycles. The Bertz CT molecular complexity index is 123. The van der Waals surface area contributed by atoms with Crippen LogP contribution in [0.3, 0.4) is 0 Å². The number of hydrogen-bond acceptors (Lipinski definition) is 1. The molecule has 0 aromatic carbocycles. The first-order chi connectivity index (χ1) is 5.95. The molecule has 0 bridgehead atoms. The summed E-state index contributed by atoms with van der Waals surface area (Å²) in [6, 6.07) is 0. The Labute approximate surface area is 77.3 Å². The first-order valence-electron chi connectivity index (χ1n) is 4.64. The number of unbranched alkanes of at least 4 members (excludes halogenated alkanes) is 2. The quantitative estimate of drug-likeness (QED) is 0.593. The molecule has 0 fully saturated rings. The van der Waals surface area contributed by atoms with Crippen LogP contribution in [0.5, 0.6) is 0 Å². The molecule has 1 atom stereocenters. The minimum absolute atomic E-state index is 0.284. The highest BCUT2D eigenvalue weighted by Gasteiger charge is 2.28. The molecule has 1 unspecified atom stereocenters. The minimum Gasteiger partial charge on any atom is -0.369 e. The number of ether oxygens (including phenoxy) is 1. The van der Waals surface area contributed by atoms with E-state index in [4.69, 9.17) is 0 Å². The van der Waals surface area contributed by atoms with Crippen LogP contribution in [-0.4, -0.2) is 18.9 Å². The van der Waals surface area contributed by atoms with Crippen molar-refractivity contribution in [2.45, 2.75) is 51.8 Å². The molecule has 0 saturated heterocycles. The molecule has 80 valence electrons. The normalized spacial score (nSPS) is 14.5. The lowest BCUT2D eigenvalue weighted by molar-refractivity contribution is -0.184. The van der Waals surface area contributed by atoms with Crippen molar-refractivity contribution in [1.82, 2.24) is 0 Å². The second-order valence-electron chi connectivity index (χ2n) is 3.23. The van der Waals surface area contributed by atoms with Gasteiger partial charge < -0.3 is 4.74 Å². The van der Waals surface area contributed by atoms with Crippen LogP contribution in [0.4, 0.5) is 13.2 Å². The fraction of sp³-hybridized carbons (Fsp3) is 1.00. The van der Waals surface area contributed by atoms with Crippen molar-refractivity contribution in [3.05, 3.63) is 0 Å². The van der Waals surface area contributed by atoms with Gasteiger partial charge in [-0.05, 0) is 13.3 Å². The topological polar surface area (TPSA) is 9.23 Å². The maximum Gasteiger partial charge on any atom is 0.411 e. The third-order valence-corrected chi connectivity index (χ3v) is 1.75. The van der Waals surface area contributed by atoms with Gasteiger partial charge in [-0.3, -0.25) is 0 Å². The van der Waals surface area contributed by atoms with Crippen LogP contribution in [0.2, 0.25) is 0 Å². The van der Waals surface area contributed by atoms with Crippen molar-refractivity contribution in [1.29, 1.82) is 0 Å². The average Bonchev–Trinajstić information content (AvgIpc) is 2.00. The van der Waals surface area contributed by atoms with Crippen LogP contribution in [0, 0.1) is 0 Å². The van der Waals surface area contributed by atoms with Crippen LogP contribution >= 0.6 is 0 Å². The van der Waals surface area contributed by atoms with Crippen molar-refractivity contribution in [3.8, 4) is 0 Å². The van der Waals surface area contributed by atoms with E-state index in [9.17, 15) is 13.2 Å². The monoisotopic (exact) mass is 198 g/mol. The Kier molecular flexibility index (Phi) is 6.12. The largest absolute Gasteiger partial charge is 0.411 e. The Balaban J connectivity index is 3.35. The molecule has 0 heterocycles. The van der Waals surface area contributed by atoms with Gasteiger partial charge in [0.25, 0.3) is 0 Å². The molecule has 4 heteroatoms. The summed E-state index contributed by atoms with van der Waals surface area (Å²) in [4.78, 5) is 0. The molecule has 13 heavy (non-hydrogen) atoms. The van der Waals surface area contributed by atoms with Gasteiger partial charge in [0.1, 0.15) is 6.61 Å². The summed E-state index contributed by atoms with van der Waals surface area (Å²) in [6.45, 7) is 2.61. The van der Waals surface area contributed by atoms with Gasteiger partial charge >= 0.3 is 6.18 Å². The molecule has 0 aliphatic carbocycles. The molecule has 0 amide bonds. The zero-order valence-electron chi connectivity index (χ0n) is 8.16. The molecule has 0 aromatic rings. The first kappa shape index (κ1) is 12.8. The summed E-state index contributed by atoms with van der Waals surface area (Å²) in [6.07, 6.45) is -0.697. The van der Waals surface area contributed by atoms with Gasteiger partial charge in [-0.15, -0.1) is 0 Å². The van der Waals surface area contributed by atoms with Crippen molar-refractivity contribution in [3.63, 3.8) is 0 Å². The Morgan fingerprint density at radius 3 is 2.31 bits per heavy atom. The van der Waals surface area contributed by atoms with Gasteiger partial charge in [0.15, 0.2) is 0 Å². The first-order valence-corrected chi connectivity index (χ1v) is 4.64. The van der Waals surface area contributed by atoms with Gasteiger partial charge in [0.2, 0.25) is 0 Å². The lowest BCUT2D eigenvalue weighted by atomic mass is 10.1. The highest BCUT2D eigenvalue weighted by molar-refractivity contribution is 4.53. The predicted octanol–water partition coefficient (Wildman–Crippen LogP) is 3.53. The SMILES string of the molecule is CCCCCC(C)OCC(F)(F)F. The summed E-state index contributed by atoms with van der Waals surface area (Å²) in [5.74, 6) is 0. The van der Waals surface area contributed by atoms with Crippen LogP contribution < -0.4 is 0 Å². The van der Waals surface area contributed by atoms with Gasteiger partial charge in [-0.1, -0.05) is 26.2 Å². The summed E-state index contributed by atoms with van der Waals surface area (Å²) < 4.78 is 39.7. The molecule has 0 spiro atoms. The lowest BCUT2D eigenvalue weighted by Crippen LogP contribution is -2.21. The number of rotatable bonds is 6. The summed E-state index contributed by atoms with van der Waals surface area (Å²) >= 11 is 0. The van der Waals surface area contributed by atoms with Crippen LogP contribution in [0.25, 0.3) is 0 Å². The fourth-order valence-corrected chi connectivity index (χ4v) is 1.00. The summed E-state index contributed by atoms with van der Waals surface area (Å²) in [5, 5.41) is 0. The zero-order chi connectivity index (χ0) is 10.3. The number of alkyl halides is 3. The van der Waals surface area contributed by atoms with Crippen molar-refractivity contribution in [2.24, 2.45) is 0 Å². The molecular weight excluding hydrogens is 181 g/mol. The van der Waals surface area contributed by atoms with Crippen molar-refractivity contribution < 1.29 is 17.9 Å². The van der Waals surface area contributed by atoms with E-state index in [1.807, 2.05) is 0 Å². The van der Waals surface area contributed by atoms with Crippen LogP contribution in [0.15, 0.2) is 0 Å². The molecule has 0 N–H and O–H groups in total. The van der Waals surface area contributed by atoms with Crippen LogP contribution in [0.1, 0.15) is 39.5 Å². The maximum atomic E-state index is 11.7. The predicted molar refractivity (Wildman–Crippen MR) is 45.6 cm³/mol. The van der Waals surface area contributed by atoms with Gasteiger partial charge in [-0.2, -0.15) is 13.2 Å². The van der Waals surface area contributed by atoms with E-state index < -0.39 is 12.8 Å². The van der Waals surface area contributed by atoms with Gasteiger partial charge in [-0.25, -0.2) is 0 Å². The third-order valence-electron chi connectivity index (χ3n) is 1.75. The molecular formula is C9H17F3O. The Hall–Kier alpha value is -0.250. The van der Waals surface area contributed by atoms with E-state index in [0.717, 1.165) is 19.3 Å². The second kappa shape index (κ2) is 6.24. The molecule has 0 radical (unpaired) electrons. The standard InChI is InChI=1S/C9H17F3O/c1-3-4-5-6-8(2)13-7-9(10,11)12/h8H,3-7H2,1-2H3. The van der Waals surface area contributed by atoms with Crippen molar-refractivity contribution in [2.75, 3.05) is 6.61 Å². The summed E-state index contributed by atoms with van der Waals surface area (Å²) in [5.41, 5.74) is 0. The van der Waals surface area contributed by atoms with Crippen molar-refractivity contribution >= 4 is 0 Å². The minimum atomic E-state index is -4.20. The second-order valence-corrected chi connectivity index (χ2v) is 3.23. The molecule has 0 rings (SSSR count). The van der Waals surface area contributed by atoms with Gasteiger partial charge in [0, 0.05) is 0 Å². The Morgan fingerprint density at radius 1 is 1.23 bits per heavy atom. The van der Waals surface area contributed by atoms with E-state index >= 15 is 0 Å². The summed E-state index contributed by atoms with van der Waals surface area (Å²) in [7, 11) is 0. The number of hydrogen-bond donors (Lipinski definition) is 0. The van der Waals surface area contributed by atoms with E-state index in [2.05, 4.69) is 11.7 Å².